The van der Waals surface area contributed by atoms with E-state index in [0.717, 1.165) is 49.7 Å². The van der Waals surface area contributed by atoms with Crippen LogP contribution >= 0.6 is 0 Å². The van der Waals surface area contributed by atoms with Crippen molar-refractivity contribution in [2.75, 3.05) is 6.61 Å². The van der Waals surface area contributed by atoms with Crippen LogP contribution in [-0.4, -0.2) is 41.5 Å². The van der Waals surface area contributed by atoms with Crippen molar-refractivity contribution in [3.8, 4) is 11.1 Å². The number of nitrogens with one attached hydrogen (secondary N) is 2. The van der Waals surface area contributed by atoms with Crippen molar-refractivity contribution in [2.24, 2.45) is 0 Å². The number of amides is 3. The van der Waals surface area contributed by atoms with Crippen molar-refractivity contribution in [1.82, 2.24) is 15.5 Å². The molecule has 0 bridgehead atoms. The van der Waals surface area contributed by atoms with Gasteiger partial charge in [0.2, 0.25) is 11.8 Å². The normalized spacial score (nSPS) is 19.9. The Morgan fingerprint density at radius 2 is 1.64 bits per heavy atom. The third kappa shape index (κ3) is 5.07. The number of hydrogen-bond donors (Lipinski definition) is 2. The molecule has 7 nitrogen and oxygen atoms in total. The van der Waals surface area contributed by atoms with E-state index in [9.17, 15) is 14.4 Å². The average Bonchev–Trinajstić information content (AvgIpc) is 3.61. The SMILES string of the molecule is C[C@@H](NC(=O)[C@@H]1CC2=C=C=CC3=C2N1C(=O)[C@@H](NC(=O)OCC1c2ccccc2-c2ccccc21)CC3)c1ccc2ccccc2c1. The highest BCUT2D eigenvalue weighted by molar-refractivity contribution is 5.95. The number of fused-ring (bicyclic) bond motifs is 4. The predicted molar refractivity (Wildman–Crippen MR) is 179 cm³/mol. The molecular formula is C40H33N3O4. The number of benzene rings is 4. The van der Waals surface area contributed by atoms with E-state index < -0.39 is 18.2 Å². The van der Waals surface area contributed by atoms with E-state index in [0.29, 0.717) is 25.0 Å². The summed E-state index contributed by atoms with van der Waals surface area (Å²) in [5.41, 5.74) is 14.1. The summed E-state index contributed by atoms with van der Waals surface area (Å²) in [6.07, 6.45) is 2.43. The first-order chi connectivity index (χ1) is 23.0. The molecule has 0 saturated carbocycles. The Balaban J connectivity index is 0.984. The van der Waals surface area contributed by atoms with Gasteiger partial charge in [-0.15, -0.1) is 0 Å². The fraction of sp³-hybridized carbons (Fsp3) is 0.225. The van der Waals surface area contributed by atoms with Crippen molar-refractivity contribution in [3.63, 3.8) is 0 Å². The molecule has 7 heteroatoms. The summed E-state index contributed by atoms with van der Waals surface area (Å²) in [4.78, 5) is 42.8. The Morgan fingerprint density at radius 3 is 2.40 bits per heavy atom. The summed E-state index contributed by atoms with van der Waals surface area (Å²) in [6, 6.07) is 28.7. The molecule has 2 heterocycles. The fourth-order valence-corrected chi connectivity index (χ4v) is 7.46. The quantitative estimate of drug-likeness (QED) is 0.232. The maximum absolute atomic E-state index is 14.2. The van der Waals surface area contributed by atoms with Crippen molar-refractivity contribution >= 4 is 28.7 Å². The second-order valence-corrected chi connectivity index (χ2v) is 12.6. The first-order valence-electron chi connectivity index (χ1n) is 16.1. The summed E-state index contributed by atoms with van der Waals surface area (Å²) in [7, 11) is 0. The van der Waals surface area contributed by atoms with Gasteiger partial charge < -0.3 is 15.4 Å². The number of rotatable bonds is 6. The van der Waals surface area contributed by atoms with Crippen LogP contribution < -0.4 is 10.6 Å². The molecule has 1 fully saturated rings. The number of carbonyl (C=O) groups excluding carboxylic acids is 3. The topological polar surface area (TPSA) is 87.7 Å². The first-order valence-corrected chi connectivity index (χ1v) is 16.1. The van der Waals surface area contributed by atoms with E-state index in [2.05, 4.69) is 64.6 Å². The molecule has 4 aliphatic rings. The molecule has 0 unspecified atom stereocenters. The van der Waals surface area contributed by atoms with Gasteiger partial charge in [-0.2, -0.15) is 0 Å². The van der Waals surface area contributed by atoms with E-state index in [1.54, 1.807) is 4.90 Å². The lowest BCUT2D eigenvalue weighted by atomic mass is 9.98. The summed E-state index contributed by atoms with van der Waals surface area (Å²) < 4.78 is 5.78. The Bertz CT molecular complexity index is 2070. The van der Waals surface area contributed by atoms with Crippen molar-refractivity contribution in [3.05, 3.63) is 142 Å². The van der Waals surface area contributed by atoms with Crippen LogP contribution in [0, 0.1) is 0 Å². The van der Waals surface area contributed by atoms with E-state index in [1.807, 2.05) is 61.5 Å². The van der Waals surface area contributed by atoms with Crippen LogP contribution in [0.5, 0.6) is 0 Å². The number of allylic oxidation sites excluding steroid dienone is 3. The number of hydrogen-bond acceptors (Lipinski definition) is 4. The third-order valence-corrected chi connectivity index (χ3v) is 9.82. The number of ether oxygens (including phenoxy) is 1. The molecule has 0 radical (unpaired) electrons. The zero-order valence-electron chi connectivity index (χ0n) is 26.0. The molecule has 3 amide bonds. The predicted octanol–water partition coefficient (Wildman–Crippen LogP) is 6.82. The Kier molecular flexibility index (Phi) is 7.14. The Labute approximate surface area is 272 Å². The van der Waals surface area contributed by atoms with Gasteiger partial charge in [-0.05, 0) is 76.1 Å². The van der Waals surface area contributed by atoms with Gasteiger partial charge in [-0.3, -0.25) is 14.5 Å². The van der Waals surface area contributed by atoms with E-state index in [4.69, 9.17) is 4.74 Å². The summed E-state index contributed by atoms with van der Waals surface area (Å²) >= 11 is 0. The van der Waals surface area contributed by atoms with Crippen LogP contribution in [0.2, 0.25) is 0 Å². The van der Waals surface area contributed by atoms with Gasteiger partial charge in [0.1, 0.15) is 18.7 Å². The summed E-state index contributed by atoms with van der Waals surface area (Å²) in [5, 5.41) is 8.21. The van der Waals surface area contributed by atoms with Crippen molar-refractivity contribution < 1.29 is 19.1 Å². The van der Waals surface area contributed by atoms with Crippen LogP contribution in [0.3, 0.4) is 0 Å². The lowest BCUT2D eigenvalue weighted by Gasteiger charge is -2.28. The molecule has 3 atom stereocenters. The molecule has 4 aromatic rings. The molecule has 2 aliphatic heterocycles. The molecule has 8 rings (SSSR count). The average molecular weight is 620 g/mol. The Morgan fingerprint density at radius 1 is 0.936 bits per heavy atom. The maximum Gasteiger partial charge on any atom is 0.407 e. The van der Waals surface area contributed by atoms with Crippen LogP contribution in [0.25, 0.3) is 21.9 Å². The van der Waals surface area contributed by atoms with Gasteiger partial charge in [0.15, 0.2) is 0 Å². The van der Waals surface area contributed by atoms with Crippen molar-refractivity contribution in [1.29, 1.82) is 0 Å². The monoisotopic (exact) mass is 619 g/mol. The van der Waals surface area contributed by atoms with Crippen molar-refractivity contribution in [2.45, 2.75) is 50.2 Å². The zero-order chi connectivity index (χ0) is 32.1. The number of carbonyl (C=O) groups is 3. The molecule has 2 N–H and O–H groups in total. The van der Waals surface area contributed by atoms with E-state index in [1.165, 1.54) is 0 Å². The maximum atomic E-state index is 14.2. The van der Waals surface area contributed by atoms with E-state index >= 15 is 0 Å². The lowest BCUT2D eigenvalue weighted by Crippen LogP contribution is -2.52. The lowest BCUT2D eigenvalue weighted by molar-refractivity contribution is -0.138. The minimum Gasteiger partial charge on any atom is -0.449 e. The number of nitrogens with zero attached hydrogens (tertiary/aromatic N) is 1. The molecule has 2 aliphatic carbocycles. The summed E-state index contributed by atoms with van der Waals surface area (Å²) in [6.45, 7) is 2.09. The van der Waals surface area contributed by atoms with Gasteiger partial charge in [0, 0.05) is 17.9 Å². The summed E-state index contributed by atoms with van der Waals surface area (Å²) in [5.74, 6) is -0.669. The van der Waals surface area contributed by atoms with Crippen LogP contribution in [0.1, 0.15) is 54.8 Å². The highest BCUT2D eigenvalue weighted by Crippen LogP contribution is 2.45. The molecular weight excluding hydrogens is 586 g/mol. The minimum absolute atomic E-state index is 0.0906. The molecule has 0 spiro atoms. The molecule has 47 heavy (non-hydrogen) atoms. The molecule has 4 aromatic carbocycles. The smallest absolute Gasteiger partial charge is 0.407 e. The van der Waals surface area contributed by atoms with E-state index in [-0.39, 0.29) is 30.4 Å². The van der Waals surface area contributed by atoms with Gasteiger partial charge in [0.25, 0.3) is 0 Å². The molecule has 0 aromatic heterocycles. The largest absolute Gasteiger partial charge is 0.449 e. The number of alkyl carbamates (subject to hydrolysis) is 1. The zero-order valence-corrected chi connectivity index (χ0v) is 26.0. The molecule has 232 valence electrons. The second kappa shape index (κ2) is 11.6. The molecule has 1 saturated heterocycles. The minimum atomic E-state index is -0.850. The van der Waals surface area contributed by atoms with Gasteiger partial charge in [-0.25, -0.2) is 4.79 Å². The van der Waals surface area contributed by atoms with Gasteiger partial charge in [-0.1, -0.05) is 96.4 Å². The third-order valence-electron chi connectivity index (χ3n) is 9.82. The van der Waals surface area contributed by atoms with Gasteiger partial charge in [0.05, 0.1) is 11.7 Å². The highest BCUT2D eigenvalue weighted by atomic mass is 16.5. The first kappa shape index (κ1) is 28.8. The standard InChI is InChI=1S/C40H33N3O4/c1-24(27-18-17-25-9-2-3-10-28(25)21-27)41-38(44)36-22-29-12-8-11-26-19-20-35(39(45)43(36)37(26)29)42-40(46)47-23-34-32-15-6-4-13-30(32)31-14-5-7-16-33(31)34/h2-7,9-11,13-18,21,24,34-36H,19-20,22-23H2,1H3,(H,41,44)(H,42,46)/t24-,35+,36+/m1/s1. The van der Waals surface area contributed by atoms with Crippen LogP contribution in [0.4, 0.5) is 4.79 Å². The highest BCUT2D eigenvalue weighted by Gasteiger charge is 2.46. The van der Waals surface area contributed by atoms with Gasteiger partial charge >= 0.3 is 6.09 Å². The fourth-order valence-electron chi connectivity index (χ4n) is 7.46. The van der Waals surface area contributed by atoms with Crippen LogP contribution in [0.15, 0.2) is 125 Å². The Hall–Kier alpha value is -5.61. The second-order valence-electron chi connectivity index (χ2n) is 12.6. The van der Waals surface area contributed by atoms with Crippen LogP contribution in [-0.2, 0) is 14.3 Å².